The highest BCUT2D eigenvalue weighted by Gasteiger charge is 2.16. The van der Waals surface area contributed by atoms with Gasteiger partial charge in [-0.25, -0.2) is 0 Å². The summed E-state index contributed by atoms with van der Waals surface area (Å²) in [4.78, 5) is 2.44. The molecule has 0 saturated carbocycles. The second kappa shape index (κ2) is 3.74. The van der Waals surface area contributed by atoms with Crippen LogP contribution in [0.4, 0.5) is 0 Å². The van der Waals surface area contributed by atoms with E-state index in [0.717, 1.165) is 26.2 Å². The molecule has 2 aliphatic rings. The maximum absolute atomic E-state index is 3.34. The van der Waals surface area contributed by atoms with Crippen LogP contribution in [0.15, 0.2) is 24.4 Å². The standard InChI is InChI=1S/C9H15N3/c1-2-4-11-9(3-1)12-7-5-10-6-8-12/h1-4,9-11H,5-8H2. The molecule has 1 fully saturated rings. The van der Waals surface area contributed by atoms with Crippen LogP contribution in [-0.4, -0.2) is 37.2 Å². The van der Waals surface area contributed by atoms with Crippen LogP contribution in [0, 0.1) is 0 Å². The zero-order valence-electron chi connectivity index (χ0n) is 7.16. The largest absolute Gasteiger partial charge is 0.372 e. The van der Waals surface area contributed by atoms with Gasteiger partial charge in [-0.15, -0.1) is 0 Å². The van der Waals surface area contributed by atoms with Crippen LogP contribution in [0.1, 0.15) is 0 Å². The summed E-state index contributed by atoms with van der Waals surface area (Å²) < 4.78 is 0. The normalized spacial score (nSPS) is 30.2. The van der Waals surface area contributed by atoms with Gasteiger partial charge in [0.2, 0.25) is 0 Å². The highest BCUT2D eigenvalue weighted by atomic mass is 15.3. The number of nitrogens with zero attached hydrogens (tertiary/aromatic N) is 1. The van der Waals surface area contributed by atoms with Crippen LogP contribution in [-0.2, 0) is 0 Å². The first kappa shape index (κ1) is 7.83. The first-order valence-corrected chi connectivity index (χ1v) is 4.51. The molecular formula is C9H15N3. The van der Waals surface area contributed by atoms with Crippen molar-refractivity contribution in [3.05, 3.63) is 24.4 Å². The van der Waals surface area contributed by atoms with Gasteiger partial charge in [-0.2, -0.15) is 0 Å². The van der Waals surface area contributed by atoms with Gasteiger partial charge in [0.1, 0.15) is 0 Å². The molecule has 0 spiro atoms. The smallest absolute Gasteiger partial charge is 0.0985 e. The molecule has 2 N–H and O–H groups in total. The molecule has 0 amide bonds. The van der Waals surface area contributed by atoms with Gasteiger partial charge in [-0.3, -0.25) is 4.90 Å². The van der Waals surface area contributed by atoms with E-state index in [2.05, 4.69) is 27.7 Å². The van der Waals surface area contributed by atoms with Crippen LogP contribution in [0.2, 0.25) is 0 Å². The lowest BCUT2D eigenvalue weighted by Gasteiger charge is -2.34. The minimum absolute atomic E-state index is 0.414. The van der Waals surface area contributed by atoms with E-state index in [1.807, 2.05) is 12.3 Å². The van der Waals surface area contributed by atoms with Crippen LogP contribution >= 0.6 is 0 Å². The van der Waals surface area contributed by atoms with Gasteiger partial charge in [0.25, 0.3) is 0 Å². The number of rotatable bonds is 1. The molecule has 12 heavy (non-hydrogen) atoms. The molecule has 1 atom stereocenters. The van der Waals surface area contributed by atoms with Gasteiger partial charge in [0.05, 0.1) is 6.17 Å². The Kier molecular flexibility index (Phi) is 2.44. The molecule has 0 aromatic carbocycles. The van der Waals surface area contributed by atoms with Gasteiger partial charge in [0, 0.05) is 26.2 Å². The second-order valence-electron chi connectivity index (χ2n) is 3.14. The van der Waals surface area contributed by atoms with Crippen molar-refractivity contribution in [2.24, 2.45) is 0 Å². The molecule has 1 saturated heterocycles. The maximum Gasteiger partial charge on any atom is 0.0985 e. The fourth-order valence-corrected chi connectivity index (χ4v) is 1.62. The lowest BCUT2D eigenvalue weighted by Crippen LogP contribution is -2.52. The van der Waals surface area contributed by atoms with E-state index in [1.165, 1.54) is 0 Å². The Morgan fingerprint density at radius 2 is 2.00 bits per heavy atom. The zero-order valence-corrected chi connectivity index (χ0v) is 7.16. The van der Waals surface area contributed by atoms with E-state index in [9.17, 15) is 0 Å². The number of dihydropyridines is 1. The average molecular weight is 165 g/mol. The van der Waals surface area contributed by atoms with E-state index in [1.54, 1.807) is 0 Å². The SMILES string of the molecule is C1=CNC(N2CCNCC2)C=C1. The summed E-state index contributed by atoms with van der Waals surface area (Å²) in [5.41, 5.74) is 0. The molecule has 0 aromatic heterocycles. The fourth-order valence-electron chi connectivity index (χ4n) is 1.62. The number of allylic oxidation sites excluding steroid dienone is 2. The first-order chi connectivity index (χ1) is 5.97. The molecule has 3 heteroatoms. The average Bonchev–Trinajstić information content (AvgIpc) is 2.21. The monoisotopic (exact) mass is 165 g/mol. The van der Waals surface area contributed by atoms with E-state index >= 15 is 0 Å². The fraction of sp³-hybridized carbons (Fsp3) is 0.556. The molecule has 1 unspecified atom stereocenters. The van der Waals surface area contributed by atoms with Gasteiger partial charge in [0.15, 0.2) is 0 Å². The van der Waals surface area contributed by atoms with Crippen molar-refractivity contribution in [3.63, 3.8) is 0 Å². The second-order valence-corrected chi connectivity index (χ2v) is 3.14. The Morgan fingerprint density at radius 1 is 1.17 bits per heavy atom. The van der Waals surface area contributed by atoms with Crippen molar-refractivity contribution >= 4 is 0 Å². The summed E-state index contributed by atoms with van der Waals surface area (Å²) in [5, 5.41) is 6.66. The van der Waals surface area contributed by atoms with Gasteiger partial charge >= 0.3 is 0 Å². The topological polar surface area (TPSA) is 27.3 Å². The zero-order chi connectivity index (χ0) is 8.23. The third kappa shape index (κ3) is 1.68. The van der Waals surface area contributed by atoms with Crippen LogP contribution < -0.4 is 10.6 Å². The third-order valence-electron chi connectivity index (χ3n) is 2.31. The van der Waals surface area contributed by atoms with Crippen molar-refractivity contribution in [2.75, 3.05) is 26.2 Å². The minimum atomic E-state index is 0.414. The van der Waals surface area contributed by atoms with Crippen molar-refractivity contribution in [3.8, 4) is 0 Å². The number of hydrogen-bond acceptors (Lipinski definition) is 3. The Labute approximate surface area is 73.1 Å². The number of hydrogen-bond donors (Lipinski definition) is 2. The van der Waals surface area contributed by atoms with E-state index in [0.29, 0.717) is 6.17 Å². The van der Waals surface area contributed by atoms with Crippen LogP contribution in [0.3, 0.4) is 0 Å². The molecule has 3 nitrogen and oxygen atoms in total. The summed E-state index contributed by atoms with van der Waals surface area (Å²) >= 11 is 0. The predicted molar refractivity (Wildman–Crippen MR) is 49.6 cm³/mol. The molecular weight excluding hydrogens is 150 g/mol. The van der Waals surface area contributed by atoms with Crippen molar-refractivity contribution in [1.82, 2.24) is 15.5 Å². The third-order valence-corrected chi connectivity index (χ3v) is 2.31. The lowest BCUT2D eigenvalue weighted by molar-refractivity contribution is 0.187. The summed E-state index contributed by atoms with van der Waals surface area (Å²) in [6, 6.07) is 0. The summed E-state index contributed by atoms with van der Waals surface area (Å²) in [7, 11) is 0. The van der Waals surface area contributed by atoms with Crippen molar-refractivity contribution in [1.29, 1.82) is 0 Å². The molecule has 2 rings (SSSR count). The van der Waals surface area contributed by atoms with Crippen LogP contribution in [0.25, 0.3) is 0 Å². The molecule has 66 valence electrons. The number of piperazine rings is 1. The first-order valence-electron chi connectivity index (χ1n) is 4.51. The Balaban J connectivity index is 1.90. The van der Waals surface area contributed by atoms with Crippen molar-refractivity contribution in [2.45, 2.75) is 6.17 Å². The summed E-state index contributed by atoms with van der Waals surface area (Å²) in [6.45, 7) is 4.48. The maximum atomic E-state index is 3.34. The Morgan fingerprint density at radius 3 is 2.67 bits per heavy atom. The molecule has 0 bridgehead atoms. The lowest BCUT2D eigenvalue weighted by atomic mass is 10.2. The van der Waals surface area contributed by atoms with E-state index in [-0.39, 0.29) is 0 Å². The molecule has 0 radical (unpaired) electrons. The minimum Gasteiger partial charge on any atom is -0.372 e. The van der Waals surface area contributed by atoms with Crippen molar-refractivity contribution < 1.29 is 0 Å². The predicted octanol–water partition coefficient (Wildman–Crippen LogP) is -0.109. The summed E-state index contributed by atoms with van der Waals surface area (Å²) in [5.74, 6) is 0. The highest BCUT2D eigenvalue weighted by molar-refractivity contribution is 5.11. The van der Waals surface area contributed by atoms with Gasteiger partial charge in [-0.05, 0) is 18.4 Å². The van der Waals surface area contributed by atoms with Gasteiger partial charge < -0.3 is 10.6 Å². The molecule has 0 aliphatic carbocycles. The summed E-state index contributed by atoms with van der Waals surface area (Å²) in [6.07, 6.45) is 8.75. The van der Waals surface area contributed by atoms with E-state index < -0.39 is 0 Å². The highest BCUT2D eigenvalue weighted by Crippen LogP contribution is 2.03. The number of nitrogens with one attached hydrogen (secondary N) is 2. The Bertz CT molecular complexity index is 192. The van der Waals surface area contributed by atoms with Crippen LogP contribution in [0.5, 0.6) is 0 Å². The van der Waals surface area contributed by atoms with Gasteiger partial charge in [-0.1, -0.05) is 6.08 Å². The molecule has 2 heterocycles. The quantitative estimate of drug-likeness (QED) is 0.568. The Hall–Kier alpha value is -0.800. The molecule has 0 aromatic rings. The van der Waals surface area contributed by atoms with E-state index in [4.69, 9.17) is 0 Å². The molecule has 2 aliphatic heterocycles.